The van der Waals surface area contributed by atoms with Crippen LogP contribution in [-0.2, 0) is 6.42 Å². The van der Waals surface area contributed by atoms with Crippen molar-refractivity contribution in [2.75, 3.05) is 29.5 Å². The van der Waals surface area contributed by atoms with Crippen molar-refractivity contribution in [2.45, 2.75) is 13.3 Å². The van der Waals surface area contributed by atoms with Crippen LogP contribution in [0.25, 0.3) is 16.7 Å². The molecule has 134 valence electrons. The van der Waals surface area contributed by atoms with Crippen LogP contribution >= 0.6 is 11.8 Å². The van der Waals surface area contributed by atoms with E-state index in [1.807, 2.05) is 23.9 Å². The Labute approximate surface area is 154 Å². The lowest BCUT2D eigenvalue weighted by molar-refractivity contribution is 0.814. The summed E-state index contributed by atoms with van der Waals surface area (Å²) in [5, 5.41) is 0.305. The van der Waals surface area contributed by atoms with Crippen molar-refractivity contribution in [2.24, 2.45) is 0 Å². The van der Waals surface area contributed by atoms with Crippen LogP contribution in [0, 0.1) is 0 Å². The number of aryl methyl sites for hydroxylation is 1. The third kappa shape index (κ3) is 3.01. The smallest absolute Gasteiger partial charge is 0.334 e. The van der Waals surface area contributed by atoms with Crippen molar-refractivity contribution in [1.29, 1.82) is 0 Å². The highest BCUT2D eigenvalue weighted by Crippen LogP contribution is 2.16. The molecule has 0 bridgehead atoms. The quantitative estimate of drug-likeness (QED) is 0.755. The minimum absolute atomic E-state index is 0.282. The zero-order valence-corrected chi connectivity index (χ0v) is 15.3. The lowest BCUT2D eigenvalue weighted by atomic mass is 10.1. The van der Waals surface area contributed by atoms with Crippen molar-refractivity contribution in [3.05, 3.63) is 56.9 Å². The third-order valence-electron chi connectivity index (χ3n) is 4.53. The number of aromatic amines is 1. The van der Waals surface area contributed by atoms with Crippen LogP contribution in [0.4, 0.5) is 5.95 Å². The first-order chi connectivity index (χ1) is 12.7. The lowest BCUT2D eigenvalue weighted by Gasteiger charge is -2.26. The third-order valence-corrected chi connectivity index (χ3v) is 5.48. The van der Waals surface area contributed by atoms with Gasteiger partial charge in [-0.3, -0.25) is 9.78 Å². The molecule has 8 heteroatoms. The molecule has 1 aliphatic rings. The molecule has 0 saturated carbocycles. The topological polar surface area (TPSA) is 83.9 Å². The monoisotopic (exact) mass is 369 g/mol. The Balaban J connectivity index is 1.81. The predicted molar refractivity (Wildman–Crippen MR) is 105 cm³/mol. The number of rotatable bonds is 3. The molecule has 4 rings (SSSR count). The van der Waals surface area contributed by atoms with Gasteiger partial charge in [-0.2, -0.15) is 16.7 Å². The summed E-state index contributed by atoms with van der Waals surface area (Å²) in [6, 6.07) is 7.39. The number of anilines is 1. The standard InChI is InChI=1S/C18H19N5O2S/c1-2-12-3-5-13(6-4-12)23-16(24)14-11-19-17(20-15(14)21-18(23)25)22-7-9-26-10-8-22/h3-6,11H,2,7-10H2,1H3,(H,19,20,21,25). The van der Waals surface area contributed by atoms with E-state index in [1.54, 1.807) is 12.1 Å². The first kappa shape index (κ1) is 16.8. The number of nitrogens with zero attached hydrogens (tertiary/aromatic N) is 4. The molecule has 1 saturated heterocycles. The van der Waals surface area contributed by atoms with Gasteiger partial charge in [0, 0.05) is 30.8 Å². The highest BCUT2D eigenvalue weighted by Gasteiger charge is 2.16. The Hall–Kier alpha value is -2.61. The first-order valence-electron chi connectivity index (χ1n) is 8.61. The number of H-pyrrole nitrogens is 1. The number of fused-ring (bicyclic) bond motifs is 1. The maximum atomic E-state index is 12.8. The van der Waals surface area contributed by atoms with Crippen LogP contribution in [0.1, 0.15) is 12.5 Å². The highest BCUT2D eigenvalue weighted by molar-refractivity contribution is 7.99. The first-order valence-corrected chi connectivity index (χ1v) is 9.77. The molecule has 7 nitrogen and oxygen atoms in total. The largest absolute Gasteiger partial charge is 0.339 e. The van der Waals surface area contributed by atoms with Gasteiger partial charge in [-0.05, 0) is 24.1 Å². The molecule has 0 unspecified atom stereocenters. The molecule has 1 N–H and O–H groups in total. The molecular formula is C18H19N5O2S. The van der Waals surface area contributed by atoms with Gasteiger partial charge in [0.25, 0.3) is 5.56 Å². The molecule has 1 fully saturated rings. The Bertz CT molecular complexity index is 1050. The zero-order valence-electron chi connectivity index (χ0n) is 14.4. The van der Waals surface area contributed by atoms with Crippen molar-refractivity contribution in [1.82, 2.24) is 19.5 Å². The second-order valence-electron chi connectivity index (χ2n) is 6.12. The Morgan fingerprint density at radius 3 is 2.58 bits per heavy atom. The highest BCUT2D eigenvalue weighted by atomic mass is 32.2. The van der Waals surface area contributed by atoms with Crippen LogP contribution in [0.5, 0.6) is 0 Å². The van der Waals surface area contributed by atoms with Crippen LogP contribution in [0.15, 0.2) is 40.1 Å². The zero-order chi connectivity index (χ0) is 18.1. The van der Waals surface area contributed by atoms with E-state index in [-0.39, 0.29) is 5.65 Å². The number of thioether (sulfide) groups is 1. The van der Waals surface area contributed by atoms with Crippen molar-refractivity contribution < 1.29 is 0 Å². The molecule has 0 atom stereocenters. The Morgan fingerprint density at radius 1 is 1.15 bits per heavy atom. The van der Waals surface area contributed by atoms with Gasteiger partial charge in [0.05, 0.1) is 5.69 Å². The lowest BCUT2D eigenvalue weighted by Crippen LogP contribution is -2.36. The van der Waals surface area contributed by atoms with Crippen molar-refractivity contribution in [3.8, 4) is 5.69 Å². The van der Waals surface area contributed by atoms with E-state index in [1.165, 1.54) is 6.20 Å². The molecule has 1 aliphatic heterocycles. The van der Waals surface area contributed by atoms with Gasteiger partial charge in [-0.1, -0.05) is 19.1 Å². The molecule has 0 amide bonds. The molecular weight excluding hydrogens is 350 g/mol. The number of hydrogen-bond donors (Lipinski definition) is 1. The maximum Gasteiger partial charge on any atom is 0.334 e. The van der Waals surface area contributed by atoms with E-state index in [9.17, 15) is 9.59 Å². The molecule has 2 aromatic heterocycles. The molecule has 0 spiro atoms. The normalized spacial score (nSPS) is 14.7. The van der Waals surface area contributed by atoms with Crippen LogP contribution in [0.2, 0.25) is 0 Å². The predicted octanol–water partition coefficient (Wildman–Crippen LogP) is 1.58. The number of hydrogen-bond acceptors (Lipinski definition) is 6. The van der Waals surface area contributed by atoms with E-state index >= 15 is 0 Å². The Morgan fingerprint density at radius 2 is 1.88 bits per heavy atom. The minimum Gasteiger partial charge on any atom is -0.339 e. The van der Waals surface area contributed by atoms with Gasteiger partial charge >= 0.3 is 5.69 Å². The summed E-state index contributed by atoms with van der Waals surface area (Å²) in [6.07, 6.45) is 2.41. The minimum atomic E-state index is -0.495. The van der Waals surface area contributed by atoms with Crippen molar-refractivity contribution >= 4 is 28.7 Å². The number of nitrogens with one attached hydrogen (secondary N) is 1. The SMILES string of the molecule is CCc1ccc(-n2c(=O)[nH]c3nc(N4CCSCC4)ncc3c2=O)cc1. The molecule has 1 aromatic carbocycles. The van der Waals surface area contributed by atoms with Gasteiger partial charge in [0.2, 0.25) is 5.95 Å². The summed E-state index contributed by atoms with van der Waals surface area (Å²) < 4.78 is 1.13. The summed E-state index contributed by atoms with van der Waals surface area (Å²) in [5.41, 5.74) is 1.06. The van der Waals surface area contributed by atoms with Gasteiger partial charge < -0.3 is 4.90 Å². The average Bonchev–Trinajstić information content (AvgIpc) is 2.69. The van der Waals surface area contributed by atoms with Gasteiger partial charge in [0.1, 0.15) is 5.39 Å². The Kier molecular flexibility index (Phi) is 4.50. The van der Waals surface area contributed by atoms with Crippen LogP contribution < -0.4 is 16.1 Å². The molecule has 3 heterocycles. The fourth-order valence-electron chi connectivity index (χ4n) is 3.03. The molecule has 26 heavy (non-hydrogen) atoms. The summed E-state index contributed by atoms with van der Waals surface area (Å²) in [7, 11) is 0. The fourth-order valence-corrected chi connectivity index (χ4v) is 3.93. The molecule has 3 aromatic rings. The summed E-state index contributed by atoms with van der Waals surface area (Å²) in [6.45, 7) is 3.78. The molecule has 0 radical (unpaired) electrons. The van der Waals surface area contributed by atoms with Crippen LogP contribution in [-0.4, -0.2) is 44.1 Å². The van der Waals surface area contributed by atoms with Gasteiger partial charge in [0.15, 0.2) is 5.65 Å². The maximum absolute atomic E-state index is 12.8. The number of aromatic nitrogens is 4. The van der Waals surface area contributed by atoms with E-state index in [0.29, 0.717) is 17.0 Å². The summed E-state index contributed by atoms with van der Waals surface area (Å²) >= 11 is 1.90. The summed E-state index contributed by atoms with van der Waals surface area (Å²) in [5.74, 6) is 2.60. The van der Waals surface area contributed by atoms with E-state index in [2.05, 4.69) is 26.8 Å². The van der Waals surface area contributed by atoms with E-state index in [4.69, 9.17) is 0 Å². The second-order valence-corrected chi connectivity index (χ2v) is 7.35. The van der Waals surface area contributed by atoms with Crippen molar-refractivity contribution in [3.63, 3.8) is 0 Å². The van der Waals surface area contributed by atoms with Gasteiger partial charge in [-0.25, -0.2) is 14.3 Å². The summed E-state index contributed by atoms with van der Waals surface area (Å²) in [4.78, 5) is 38.9. The molecule has 0 aliphatic carbocycles. The number of benzene rings is 1. The van der Waals surface area contributed by atoms with E-state index < -0.39 is 11.2 Å². The fraction of sp³-hybridized carbons (Fsp3) is 0.333. The van der Waals surface area contributed by atoms with Gasteiger partial charge in [-0.15, -0.1) is 0 Å². The van der Waals surface area contributed by atoms with Crippen LogP contribution in [0.3, 0.4) is 0 Å². The average molecular weight is 369 g/mol. The van der Waals surface area contributed by atoms with E-state index in [0.717, 1.165) is 41.1 Å². The second kappa shape index (κ2) is 6.95.